The number of methoxy groups -OCH3 is 1. The van der Waals surface area contributed by atoms with Crippen molar-refractivity contribution < 1.29 is 9.84 Å². The third-order valence-corrected chi connectivity index (χ3v) is 3.65. The zero-order valence-corrected chi connectivity index (χ0v) is 12.5. The molecule has 2 aromatic carbocycles. The zero-order chi connectivity index (χ0) is 14.5. The summed E-state index contributed by atoms with van der Waals surface area (Å²) in [6.07, 6.45) is 0.260. The first-order chi connectivity index (χ1) is 9.61. The topological polar surface area (TPSA) is 29.5 Å². The molecule has 0 aliphatic rings. The second-order valence-electron chi connectivity index (χ2n) is 4.89. The molecule has 2 rings (SSSR count). The molecule has 0 amide bonds. The van der Waals surface area contributed by atoms with Crippen LogP contribution < -0.4 is 0 Å². The number of aryl methyl sites for hydroxylation is 1. The molecular weight excluding hydrogens is 272 g/mol. The van der Waals surface area contributed by atoms with Gasteiger partial charge in [0, 0.05) is 12.1 Å². The Hall–Kier alpha value is -1.35. The molecule has 0 heterocycles. The Labute approximate surface area is 125 Å². The van der Waals surface area contributed by atoms with Crippen molar-refractivity contribution in [2.24, 2.45) is 0 Å². The molecule has 3 heteroatoms. The van der Waals surface area contributed by atoms with Gasteiger partial charge < -0.3 is 9.84 Å². The van der Waals surface area contributed by atoms with Gasteiger partial charge in [0.05, 0.1) is 6.61 Å². The molecule has 0 bridgehead atoms. The highest BCUT2D eigenvalue weighted by Crippen LogP contribution is 2.27. The lowest BCUT2D eigenvalue weighted by Gasteiger charge is -2.15. The fourth-order valence-corrected chi connectivity index (χ4v) is 2.44. The molecule has 0 spiro atoms. The number of aliphatic hydroxyl groups excluding tert-OH is 1. The van der Waals surface area contributed by atoms with Crippen LogP contribution in [0.2, 0.25) is 5.02 Å². The quantitative estimate of drug-likeness (QED) is 0.904. The number of hydrogen-bond donors (Lipinski definition) is 1. The van der Waals surface area contributed by atoms with Gasteiger partial charge in [0.2, 0.25) is 0 Å². The number of rotatable bonds is 5. The lowest BCUT2D eigenvalue weighted by Crippen LogP contribution is -2.02. The first-order valence-corrected chi connectivity index (χ1v) is 7.01. The van der Waals surface area contributed by atoms with E-state index in [4.69, 9.17) is 16.3 Å². The summed E-state index contributed by atoms with van der Waals surface area (Å²) in [6.45, 7) is 2.66. The van der Waals surface area contributed by atoms with Gasteiger partial charge in [-0.05, 0) is 47.7 Å². The van der Waals surface area contributed by atoms with E-state index < -0.39 is 6.10 Å². The highest BCUT2D eigenvalue weighted by atomic mass is 35.5. The molecule has 2 nitrogen and oxygen atoms in total. The van der Waals surface area contributed by atoms with E-state index in [1.165, 1.54) is 5.56 Å². The Morgan fingerprint density at radius 1 is 1.15 bits per heavy atom. The lowest BCUT2D eigenvalue weighted by atomic mass is 9.96. The molecular formula is C17H19ClO2. The van der Waals surface area contributed by atoms with Gasteiger partial charge in [0.25, 0.3) is 0 Å². The number of halogens is 1. The van der Waals surface area contributed by atoms with Gasteiger partial charge in [-0.25, -0.2) is 0 Å². The summed E-state index contributed by atoms with van der Waals surface area (Å²) in [4.78, 5) is 0. The smallest absolute Gasteiger partial charge is 0.104 e. The second kappa shape index (κ2) is 6.89. The fourth-order valence-electron chi connectivity index (χ4n) is 2.21. The van der Waals surface area contributed by atoms with Gasteiger partial charge in [-0.2, -0.15) is 0 Å². The average molecular weight is 291 g/mol. The van der Waals surface area contributed by atoms with Gasteiger partial charge in [0.15, 0.2) is 0 Å². The molecule has 2 aromatic rings. The van der Waals surface area contributed by atoms with Crippen LogP contribution in [0.5, 0.6) is 0 Å². The Morgan fingerprint density at radius 2 is 1.85 bits per heavy atom. The molecule has 1 atom stereocenters. The number of ether oxygens (including phenoxy) is 1. The molecule has 0 fully saturated rings. The summed E-state index contributed by atoms with van der Waals surface area (Å²) in [5, 5.41) is 11.2. The third kappa shape index (κ3) is 3.60. The average Bonchev–Trinajstić information content (AvgIpc) is 2.45. The van der Waals surface area contributed by atoms with E-state index in [1.54, 1.807) is 13.2 Å². The Balaban J connectivity index is 2.18. The molecule has 0 radical (unpaired) electrons. The summed E-state index contributed by atoms with van der Waals surface area (Å²) in [5.74, 6) is 0. The van der Waals surface area contributed by atoms with Crippen LogP contribution in [0.1, 0.15) is 28.4 Å². The maximum atomic E-state index is 10.5. The van der Waals surface area contributed by atoms with Crippen LogP contribution in [0.4, 0.5) is 0 Å². The predicted molar refractivity (Wildman–Crippen MR) is 82.3 cm³/mol. The molecule has 0 aliphatic carbocycles. The van der Waals surface area contributed by atoms with Gasteiger partial charge >= 0.3 is 0 Å². The summed E-state index contributed by atoms with van der Waals surface area (Å²) in [7, 11) is 1.70. The maximum absolute atomic E-state index is 10.5. The van der Waals surface area contributed by atoms with E-state index >= 15 is 0 Å². The van der Waals surface area contributed by atoms with Crippen LogP contribution in [0.3, 0.4) is 0 Å². The SMILES string of the molecule is COCCc1ccc(C(O)c2ccc(Cl)cc2C)cc1. The normalized spacial score (nSPS) is 12.4. The highest BCUT2D eigenvalue weighted by Gasteiger charge is 2.13. The van der Waals surface area contributed by atoms with Crippen LogP contribution in [-0.4, -0.2) is 18.8 Å². The molecule has 0 saturated carbocycles. The standard InChI is InChI=1S/C17H19ClO2/c1-12-11-15(18)7-8-16(12)17(19)14-5-3-13(4-6-14)9-10-20-2/h3-8,11,17,19H,9-10H2,1-2H3. The van der Waals surface area contributed by atoms with Crippen LogP contribution in [0.25, 0.3) is 0 Å². The summed E-state index contributed by atoms with van der Waals surface area (Å²) >= 11 is 5.94. The lowest BCUT2D eigenvalue weighted by molar-refractivity contribution is 0.202. The fraction of sp³-hybridized carbons (Fsp3) is 0.294. The molecule has 106 valence electrons. The van der Waals surface area contributed by atoms with Crippen molar-refractivity contribution in [3.8, 4) is 0 Å². The predicted octanol–water partition coefficient (Wildman–Crippen LogP) is 3.92. The monoisotopic (exact) mass is 290 g/mol. The van der Waals surface area contributed by atoms with Gasteiger partial charge in [0.1, 0.15) is 6.10 Å². The summed E-state index contributed by atoms with van der Waals surface area (Å²) < 4.78 is 5.06. The maximum Gasteiger partial charge on any atom is 0.104 e. The van der Waals surface area contributed by atoms with Crippen molar-refractivity contribution in [3.63, 3.8) is 0 Å². The van der Waals surface area contributed by atoms with Gasteiger partial charge in [-0.15, -0.1) is 0 Å². The van der Waals surface area contributed by atoms with Crippen LogP contribution >= 0.6 is 11.6 Å². The van der Waals surface area contributed by atoms with Crippen molar-refractivity contribution in [3.05, 3.63) is 69.7 Å². The minimum atomic E-state index is -0.622. The van der Waals surface area contributed by atoms with E-state index in [9.17, 15) is 5.11 Å². The highest BCUT2D eigenvalue weighted by molar-refractivity contribution is 6.30. The first-order valence-electron chi connectivity index (χ1n) is 6.63. The van der Waals surface area contributed by atoms with E-state index in [0.29, 0.717) is 11.6 Å². The zero-order valence-electron chi connectivity index (χ0n) is 11.8. The van der Waals surface area contributed by atoms with Gasteiger partial charge in [-0.1, -0.05) is 41.9 Å². The molecule has 0 saturated heterocycles. The van der Waals surface area contributed by atoms with Crippen LogP contribution in [0, 0.1) is 6.92 Å². The number of benzene rings is 2. The summed E-state index contributed by atoms with van der Waals surface area (Å²) in [5.41, 5.74) is 3.97. The van der Waals surface area contributed by atoms with Crippen molar-refractivity contribution >= 4 is 11.6 Å². The molecule has 1 N–H and O–H groups in total. The number of aliphatic hydroxyl groups is 1. The molecule has 20 heavy (non-hydrogen) atoms. The van der Waals surface area contributed by atoms with E-state index in [1.807, 2.05) is 43.3 Å². The van der Waals surface area contributed by atoms with Crippen molar-refractivity contribution in [2.75, 3.05) is 13.7 Å². The van der Waals surface area contributed by atoms with Crippen molar-refractivity contribution in [2.45, 2.75) is 19.4 Å². The Morgan fingerprint density at radius 3 is 2.45 bits per heavy atom. The first kappa shape index (κ1) is 15.0. The molecule has 1 unspecified atom stereocenters. The third-order valence-electron chi connectivity index (χ3n) is 3.42. The van der Waals surface area contributed by atoms with E-state index in [-0.39, 0.29) is 0 Å². The van der Waals surface area contributed by atoms with Crippen molar-refractivity contribution in [1.29, 1.82) is 0 Å². The molecule has 0 aliphatic heterocycles. The summed E-state index contributed by atoms with van der Waals surface area (Å²) in [6, 6.07) is 13.5. The van der Waals surface area contributed by atoms with Crippen LogP contribution in [0.15, 0.2) is 42.5 Å². The second-order valence-corrected chi connectivity index (χ2v) is 5.32. The van der Waals surface area contributed by atoms with E-state index in [2.05, 4.69) is 0 Å². The minimum absolute atomic E-state index is 0.622. The minimum Gasteiger partial charge on any atom is -0.384 e. The van der Waals surface area contributed by atoms with E-state index in [0.717, 1.165) is 23.1 Å². The Kier molecular flexibility index (Phi) is 5.18. The van der Waals surface area contributed by atoms with Crippen molar-refractivity contribution in [1.82, 2.24) is 0 Å². The Bertz CT molecular complexity index is 564. The largest absolute Gasteiger partial charge is 0.384 e. The van der Waals surface area contributed by atoms with Crippen LogP contribution in [-0.2, 0) is 11.2 Å². The number of hydrogen-bond acceptors (Lipinski definition) is 2. The van der Waals surface area contributed by atoms with Gasteiger partial charge in [-0.3, -0.25) is 0 Å². The molecule has 0 aromatic heterocycles.